The van der Waals surface area contributed by atoms with Crippen molar-refractivity contribution in [2.24, 2.45) is 0 Å². The van der Waals surface area contributed by atoms with E-state index in [1.54, 1.807) is 16.8 Å². The van der Waals surface area contributed by atoms with Crippen molar-refractivity contribution in [2.75, 3.05) is 45.9 Å². The number of imidazole rings is 2. The highest BCUT2D eigenvalue weighted by Gasteiger charge is 2.38. The standard InChI is InChI=1S/C22H26N4O4S2.C16H21N3O.C6H6ClNO3S2.C6H15N/c1-16(28)12-21-24-14-22(31-21)32(29,30)26-10-4-8-19(26)17-6-2-3-7-18(17)20-13-23-15-25(20)9-5-11-27;20-10-4-9-19-12-17-11-16(19)14-6-2-1-5-13(14)15-7-3-8-18-15;1-4(9)2-5-8-3-6(12-5)13(7,10)11;1-4-7(5-2)6-3/h2-3,6-7,13-15,19,27H,4-5,8-12H2,1H3;1-2,5-6,11-12,15,18,20H,3-4,7-10H2;3H,2H2,1H3;4-6H2,1-3H3. The number of aryl methyl sites for hydroxylation is 2. The average molecular weight is 1090 g/mol. The summed E-state index contributed by atoms with van der Waals surface area (Å²) in [4.78, 5) is 40.9. The number of aliphatic hydroxyl groups is 2. The maximum atomic E-state index is 13.5. The van der Waals surface area contributed by atoms with Crippen molar-refractivity contribution in [1.29, 1.82) is 0 Å². The Labute approximate surface area is 436 Å². The number of sulfonamides is 1. The van der Waals surface area contributed by atoms with E-state index in [2.05, 4.69) is 79.8 Å². The van der Waals surface area contributed by atoms with E-state index in [4.69, 9.17) is 15.8 Å². The summed E-state index contributed by atoms with van der Waals surface area (Å²) in [6.45, 7) is 16.3. The highest BCUT2D eigenvalue weighted by atomic mass is 35.7. The van der Waals surface area contributed by atoms with E-state index >= 15 is 0 Å². The summed E-state index contributed by atoms with van der Waals surface area (Å²) in [6.07, 6.45) is 15.4. The van der Waals surface area contributed by atoms with Crippen LogP contribution in [0, 0.1) is 0 Å². The summed E-state index contributed by atoms with van der Waals surface area (Å²) in [5.74, 6) is -0.109. The lowest BCUT2D eigenvalue weighted by molar-refractivity contribution is -0.117. The monoisotopic (exact) mass is 1090 g/mol. The number of hydrogen-bond donors (Lipinski definition) is 3. The van der Waals surface area contributed by atoms with Gasteiger partial charge in [0.1, 0.15) is 21.6 Å². The minimum atomic E-state index is -3.74. The molecule has 72 heavy (non-hydrogen) atoms. The molecule has 2 aliphatic heterocycles. The molecular formula is C50H68ClN9O8S4. The van der Waals surface area contributed by atoms with Gasteiger partial charge in [-0.15, -0.1) is 22.7 Å². The molecule has 2 atom stereocenters. The first-order chi connectivity index (χ1) is 34.6. The third-order valence-corrected chi connectivity index (χ3v) is 18.4. The molecule has 2 aliphatic rings. The van der Waals surface area contributed by atoms with Gasteiger partial charge in [0, 0.05) is 60.7 Å². The summed E-state index contributed by atoms with van der Waals surface area (Å²) in [5, 5.41) is 22.8. The number of nitrogens with one attached hydrogen (secondary N) is 1. The lowest BCUT2D eigenvalue weighted by atomic mass is 9.97. The fourth-order valence-electron chi connectivity index (χ4n) is 8.47. The number of aliphatic hydroxyl groups excluding tert-OH is 2. The number of ketones is 2. The molecule has 0 radical (unpaired) electrons. The molecule has 3 N–H and O–H groups in total. The van der Waals surface area contributed by atoms with Gasteiger partial charge in [-0.1, -0.05) is 69.3 Å². The molecule has 4 aromatic heterocycles. The molecule has 2 fully saturated rings. The summed E-state index contributed by atoms with van der Waals surface area (Å²) >= 11 is 1.98. The Kier molecular flexibility index (Phi) is 23.3. The van der Waals surface area contributed by atoms with Crippen molar-refractivity contribution < 1.29 is 36.6 Å². The minimum Gasteiger partial charge on any atom is -0.396 e. The van der Waals surface area contributed by atoms with Gasteiger partial charge in [-0.25, -0.2) is 36.8 Å². The Morgan fingerprint density at radius 3 is 1.68 bits per heavy atom. The van der Waals surface area contributed by atoms with Gasteiger partial charge < -0.3 is 29.6 Å². The molecule has 22 heteroatoms. The van der Waals surface area contributed by atoms with Crippen LogP contribution in [0.15, 0.2) is 94.4 Å². The number of hydrogen-bond acceptors (Lipinski definition) is 16. The van der Waals surface area contributed by atoms with E-state index in [0.29, 0.717) is 35.6 Å². The van der Waals surface area contributed by atoms with Gasteiger partial charge in [-0.3, -0.25) is 9.59 Å². The lowest BCUT2D eigenvalue weighted by Crippen LogP contribution is -2.30. The normalized spacial score (nSPS) is 15.8. The smallest absolute Gasteiger partial charge is 0.272 e. The third-order valence-electron chi connectivity index (χ3n) is 12.0. The van der Waals surface area contributed by atoms with E-state index in [0.717, 1.165) is 83.7 Å². The van der Waals surface area contributed by atoms with Crippen LogP contribution in [0.1, 0.15) is 106 Å². The van der Waals surface area contributed by atoms with Crippen LogP contribution in [0.25, 0.3) is 22.5 Å². The molecule has 0 spiro atoms. The molecular weight excluding hydrogens is 1020 g/mol. The van der Waals surface area contributed by atoms with Gasteiger partial charge >= 0.3 is 0 Å². The van der Waals surface area contributed by atoms with E-state index in [9.17, 15) is 31.5 Å². The number of halogens is 1. The molecule has 8 rings (SSSR count). The van der Waals surface area contributed by atoms with Crippen LogP contribution in [-0.4, -0.2) is 123 Å². The predicted octanol–water partition coefficient (Wildman–Crippen LogP) is 7.95. The Morgan fingerprint density at radius 1 is 0.722 bits per heavy atom. The Hall–Kier alpha value is -4.55. The summed E-state index contributed by atoms with van der Waals surface area (Å²) in [5.41, 5.74) is 6.53. The summed E-state index contributed by atoms with van der Waals surface area (Å²) in [6, 6.07) is 16.5. The highest BCUT2D eigenvalue weighted by Crippen LogP contribution is 2.41. The molecule has 0 aliphatic carbocycles. The van der Waals surface area contributed by atoms with Crippen molar-refractivity contribution in [2.45, 2.75) is 120 Å². The lowest BCUT2D eigenvalue weighted by Gasteiger charge is -2.25. The van der Waals surface area contributed by atoms with Crippen LogP contribution in [0.4, 0.5) is 0 Å². The fourth-order valence-corrected chi connectivity index (χ4v) is 13.5. The van der Waals surface area contributed by atoms with Gasteiger partial charge in [0.2, 0.25) is 0 Å². The quantitative estimate of drug-likeness (QED) is 0.0618. The number of rotatable bonds is 20. The van der Waals surface area contributed by atoms with Gasteiger partial charge in [-0.2, -0.15) is 4.31 Å². The second kappa shape index (κ2) is 28.8. The summed E-state index contributed by atoms with van der Waals surface area (Å²) < 4.78 is 54.4. The van der Waals surface area contributed by atoms with Crippen LogP contribution in [0.2, 0.25) is 0 Å². The molecule has 0 saturated carbocycles. The van der Waals surface area contributed by atoms with Crippen molar-refractivity contribution in [3.05, 3.63) is 107 Å². The van der Waals surface area contributed by atoms with Crippen LogP contribution in [0.5, 0.6) is 0 Å². The first-order valence-electron chi connectivity index (χ1n) is 24.3. The van der Waals surface area contributed by atoms with Crippen molar-refractivity contribution in [3.63, 3.8) is 0 Å². The molecule has 2 aromatic carbocycles. The number of nitrogens with zero attached hydrogens (tertiary/aromatic N) is 8. The van der Waals surface area contributed by atoms with Crippen LogP contribution >= 0.6 is 33.4 Å². The maximum absolute atomic E-state index is 13.5. The zero-order chi connectivity index (χ0) is 52.3. The molecule has 0 amide bonds. The average Bonchev–Trinajstić information content (AvgIpc) is 4.22. The largest absolute Gasteiger partial charge is 0.396 e. The number of benzene rings is 2. The van der Waals surface area contributed by atoms with Crippen molar-refractivity contribution in [3.8, 4) is 22.5 Å². The predicted molar refractivity (Wildman–Crippen MR) is 284 cm³/mol. The van der Waals surface area contributed by atoms with Crippen LogP contribution in [0.3, 0.4) is 0 Å². The maximum Gasteiger partial charge on any atom is 0.272 e. The zero-order valence-electron chi connectivity index (χ0n) is 41.7. The highest BCUT2D eigenvalue weighted by molar-refractivity contribution is 8.15. The second-order valence-corrected chi connectivity index (χ2v) is 24.3. The first-order valence-corrected chi connectivity index (χ1v) is 29.6. The van der Waals surface area contributed by atoms with Gasteiger partial charge in [0.15, 0.2) is 8.42 Å². The molecule has 6 heterocycles. The number of carbonyl (C=O) groups excluding carboxylic acids is 2. The SMILES string of the molecule is CC(=O)Cc1ncc(S(=O)(=O)Cl)s1.CC(=O)Cc1ncc(S(=O)(=O)N2CCCC2c2ccccc2-c2cncn2CCCO)s1.CCN(CC)CC.OCCCn1cncc1-c1ccccc1C1CCCN1. The Morgan fingerprint density at radius 2 is 1.22 bits per heavy atom. The fraction of sp³-hybridized carbons (Fsp3) is 0.480. The first kappa shape index (κ1) is 58.3. The topological polar surface area (TPSA) is 223 Å². The minimum absolute atomic E-state index is 0.0228. The molecule has 2 saturated heterocycles. The molecule has 17 nitrogen and oxygen atoms in total. The number of Topliss-reactive ketones (excluding diaryl/α,β-unsaturated/α-hetero) is 2. The van der Waals surface area contributed by atoms with E-state index in [1.807, 2.05) is 41.4 Å². The zero-order valence-corrected chi connectivity index (χ0v) is 45.7. The summed E-state index contributed by atoms with van der Waals surface area (Å²) in [7, 11) is -2.37. The van der Waals surface area contributed by atoms with Crippen molar-refractivity contribution >= 4 is 64.0 Å². The van der Waals surface area contributed by atoms with Gasteiger partial charge in [0.25, 0.3) is 19.1 Å². The van der Waals surface area contributed by atoms with E-state index in [-0.39, 0.29) is 52.1 Å². The Balaban J connectivity index is 0.000000204. The number of thiazole rings is 2. The molecule has 6 aromatic rings. The number of aromatic nitrogens is 6. The Bertz CT molecular complexity index is 2850. The van der Waals surface area contributed by atoms with Crippen molar-refractivity contribution in [1.82, 2.24) is 43.6 Å². The molecule has 2 unspecified atom stereocenters. The van der Waals surface area contributed by atoms with Crippen LogP contribution in [-0.2, 0) is 54.6 Å². The molecule has 392 valence electrons. The van der Waals surface area contributed by atoms with E-state index in [1.165, 1.54) is 63.6 Å². The third kappa shape index (κ3) is 16.5. The van der Waals surface area contributed by atoms with Gasteiger partial charge in [-0.05, 0) is 89.7 Å². The second-order valence-electron chi connectivity index (χ2n) is 17.2. The number of carbonyl (C=O) groups is 2. The molecule has 0 bridgehead atoms. The van der Waals surface area contributed by atoms with Crippen LogP contribution < -0.4 is 5.32 Å². The van der Waals surface area contributed by atoms with E-state index < -0.39 is 19.1 Å². The van der Waals surface area contributed by atoms with Gasteiger partial charge in [0.05, 0.1) is 67.7 Å².